The lowest BCUT2D eigenvalue weighted by Crippen LogP contribution is -2.26. The molecule has 0 saturated heterocycles. The van der Waals surface area contributed by atoms with E-state index in [2.05, 4.69) is 44.2 Å². The van der Waals surface area contributed by atoms with Crippen molar-refractivity contribution in [2.45, 2.75) is 51.9 Å². The van der Waals surface area contributed by atoms with Crippen molar-refractivity contribution in [3.05, 3.63) is 41.0 Å². The monoisotopic (exact) mass is 226 g/mol. The molecule has 1 aromatic rings. The Morgan fingerprint density at radius 2 is 2.18 bits per heavy atom. The quantitative estimate of drug-likeness (QED) is 0.636. The molecule has 0 aromatic heterocycles. The lowest BCUT2D eigenvalue weighted by Gasteiger charge is -2.38. The first-order valence-corrected chi connectivity index (χ1v) is 6.99. The van der Waals surface area contributed by atoms with Crippen LogP contribution in [0, 0.1) is 5.41 Å². The largest absolute Gasteiger partial charge is 0.0871 e. The van der Waals surface area contributed by atoms with Gasteiger partial charge < -0.3 is 0 Å². The average Bonchev–Trinajstić information content (AvgIpc) is 2.72. The number of hydrogen-bond acceptors (Lipinski definition) is 0. The average molecular weight is 226 g/mol. The molecule has 0 heterocycles. The molecule has 0 heteroatoms. The summed E-state index contributed by atoms with van der Waals surface area (Å²) in [6, 6.07) is 6.91. The van der Waals surface area contributed by atoms with Crippen LogP contribution in [0.3, 0.4) is 0 Å². The standard InChI is InChI=1S/C17H22/c1-3-6-13-7-4-8-15-14(13)10-12-17(2)11-5-9-16(15)17/h3-4,6-8,16H,5,9-12H2,1-2H3/b6-3-/t16-,17+/m0/s1. The van der Waals surface area contributed by atoms with E-state index in [1.165, 1.54) is 37.7 Å². The summed E-state index contributed by atoms with van der Waals surface area (Å²) >= 11 is 0. The van der Waals surface area contributed by atoms with Crippen LogP contribution in [0.15, 0.2) is 24.3 Å². The minimum absolute atomic E-state index is 0.599. The van der Waals surface area contributed by atoms with Crippen molar-refractivity contribution in [1.29, 1.82) is 0 Å². The van der Waals surface area contributed by atoms with Crippen LogP contribution in [-0.2, 0) is 6.42 Å². The summed E-state index contributed by atoms with van der Waals surface area (Å²) in [7, 11) is 0. The maximum atomic E-state index is 2.51. The second kappa shape index (κ2) is 4.01. The summed E-state index contributed by atoms with van der Waals surface area (Å²) in [6.07, 6.45) is 11.4. The number of hydrogen-bond donors (Lipinski definition) is 0. The molecule has 0 spiro atoms. The van der Waals surface area contributed by atoms with Gasteiger partial charge in [0.15, 0.2) is 0 Å². The molecule has 3 rings (SSSR count). The van der Waals surface area contributed by atoms with E-state index in [1.807, 2.05) is 0 Å². The van der Waals surface area contributed by atoms with Crippen molar-refractivity contribution in [2.75, 3.05) is 0 Å². The Hall–Kier alpha value is -1.04. The van der Waals surface area contributed by atoms with Crippen LogP contribution in [0.2, 0.25) is 0 Å². The minimum atomic E-state index is 0.599. The zero-order valence-electron chi connectivity index (χ0n) is 11.0. The molecule has 0 N–H and O–H groups in total. The molecule has 1 aromatic carbocycles. The van der Waals surface area contributed by atoms with Gasteiger partial charge in [-0.15, -0.1) is 0 Å². The molecule has 0 amide bonds. The van der Waals surface area contributed by atoms with E-state index in [-0.39, 0.29) is 0 Å². The third kappa shape index (κ3) is 1.66. The van der Waals surface area contributed by atoms with Gasteiger partial charge in [0.05, 0.1) is 0 Å². The lowest BCUT2D eigenvalue weighted by molar-refractivity contribution is 0.252. The fraction of sp³-hybridized carbons (Fsp3) is 0.529. The summed E-state index contributed by atoms with van der Waals surface area (Å²) in [5, 5.41) is 0. The van der Waals surface area contributed by atoms with E-state index < -0.39 is 0 Å². The molecule has 90 valence electrons. The molecule has 17 heavy (non-hydrogen) atoms. The van der Waals surface area contributed by atoms with Gasteiger partial charge in [0.25, 0.3) is 0 Å². The van der Waals surface area contributed by atoms with Crippen LogP contribution in [0.25, 0.3) is 6.08 Å². The minimum Gasteiger partial charge on any atom is -0.0871 e. The fourth-order valence-corrected chi connectivity index (χ4v) is 4.05. The van der Waals surface area contributed by atoms with Crippen LogP contribution in [-0.4, -0.2) is 0 Å². The van der Waals surface area contributed by atoms with Gasteiger partial charge in [-0.25, -0.2) is 0 Å². The highest BCUT2D eigenvalue weighted by Gasteiger charge is 2.42. The highest BCUT2D eigenvalue weighted by atomic mass is 14.5. The molecular weight excluding hydrogens is 204 g/mol. The van der Waals surface area contributed by atoms with E-state index in [4.69, 9.17) is 0 Å². The third-order valence-corrected chi connectivity index (χ3v) is 5.00. The van der Waals surface area contributed by atoms with Gasteiger partial charge in [0.2, 0.25) is 0 Å². The first-order valence-electron chi connectivity index (χ1n) is 6.99. The van der Waals surface area contributed by atoms with Crippen LogP contribution < -0.4 is 0 Å². The predicted octanol–water partition coefficient (Wildman–Crippen LogP) is 4.94. The number of benzene rings is 1. The Balaban J connectivity index is 2.10. The number of rotatable bonds is 1. The van der Waals surface area contributed by atoms with Gasteiger partial charge in [-0.2, -0.15) is 0 Å². The summed E-state index contributed by atoms with van der Waals surface area (Å²) < 4.78 is 0. The first kappa shape index (κ1) is 11.1. The second-order valence-corrected chi connectivity index (χ2v) is 6.01. The van der Waals surface area contributed by atoms with Crippen molar-refractivity contribution in [1.82, 2.24) is 0 Å². The van der Waals surface area contributed by atoms with Gasteiger partial charge in [-0.05, 0) is 60.6 Å². The van der Waals surface area contributed by atoms with Gasteiger partial charge in [0.1, 0.15) is 0 Å². The Bertz CT molecular complexity index is 455. The van der Waals surface area contributed by atoms with E-state index in [0.717, 1.165) is 5.92 Å². The van der Waals surface area contributed by atoms with Crippen LogP contribution in [0.1, 0.15) is 62.1 Å². The molecule has 0 aliphatic heterocycles. The van der Waals surface area contributed by atoms with Crippen LogP contribution >= 0.6 is 0 Å². The van der Waals surface area contributed by atoms with Crippen molar-refractivity contribution in [2.24, 2.45) is 5.41 Å². The molecule has 0 nitrogen and oxygen atoms in total. The van der Waals surface area contributed by atoms with Gasteiger partial charge >= 0.3 is 0 Å². The molecule has 0 bridgehead atoms. The first-order chi connectivity index (χ1) is 8.24. The van der Waals surface area contributed by atoms with Gasteiger partial charge in [-0.3, -0.25) is 0 Å². The highest BCUT2D eigenvalue weighted by molar-refractivity contribution is 5.57. The Morgan fingerprint density at radius 3 is 3.00 bits per heavy atom. The molecule has 2 aliphatic rings. The lowest BCUT2D eigenvalue weighted by atomic mass is 9.66. The van der Waals surface area contributed by atoms with E-state index >= 15 is 0 Å². The van der Waals surface area contributed by atoms with E-state index in [9.17, 15) is 0 Å². The SMILES string of the molecule is C/C=C\c1cccc2c1CC[C@@]1(C)CCC[C@@H]21. The third-order valence-electron chi connectivity index (χ3n) is 5.00. The van der Waals surface area contributed by atoms with Crippen molar-refractivity contribution >= 4 is 6.08 Å². The molecule has 2 atom stereocenters. The fourth-order valence-electron chi connectivity index (χ4n) is 4.05. The Morgan fingerprint density at radius 1 is 1.29 bits per heavy atom. The smallest absolute Gasteiger partial charge is 0.0105 e. The maximum Gasteiger partial charge on any atom is -0.0105 e. The normalized spacial score (nSPS) is 31.5. The van der Waals surface area contributed by atoms with E-state index in [0.29, 0.717) is 5.41 Å². The Kier molecular flexibility index (Phi) is 2.61. The highest BCUT2D eigenvalue weighted by Crippen LogP contribution is 2.55. The van der Waals surface area contributed by atoms with Gasteiger partial charge in [0, 0.05) is 0 Å². The van der Waals surface area contributed by atoms with E-state index in [1.54, 1.807) is 11.1 Å². The van der Waals surface area contributed by atoms with Crippen LogP contribution in [0.5, 0.6) is 0 Å². The van der Waals surface area contributed by atoms with Crippen molar-refractivity contribution < 1.29 is 0 Å². The molecule has 1 saturated carbocycles. The zero-order valence-corrected chi connectivity index (χ0v) is 11.0. The van der Waals surface area contributed by atoms with Crippen molar-refractivity contribution in [3.63, 3.8) is 0 Å². The summed E-state index contributed by atoms with van der Waals surface area (Å²) in [6.45, 7) is 4.62. The summed E-state index contributed by atoms with van der Waals surface area (Å²) in [4.78, 5) is 0. The predicted molar refractivity (Wildman–Crippen MR) is 74.2 cm³/mol. The molecule has 0 unspecified atom stereocenters. The number of allylic oxidation sites excluding steroid dienone is 1. The Labute approximate surface area is 105 Å². The topological polar surface area (TPSA) is 0 Å². The molecular formula is C17H22. The maximum absolute atomic E-state index is 2.51. The molecule has 1 fully saturated rings. The van der Waals surface area contributed by atoms with Crippen LogP contribution in [0.4, 0.5) is 0 Å². The summed E-state index contributed by atoms with van der Waals surface area (Å²) in [5.74, 6) is 0.830. The zero-order chi connectivity index (χ0) is 11.9. The second-order valence-electron chi connectivity index (χ2n) is 6.01. The molecule has 2 aliphatic carbocycles. The van der Waals surface area contributed by atoms with Gasteiger partial charge in [-0.1, -0.05) is 43.7 Å². The molecule has 0 radical (unpaired) electrons. The summed E-state index contributed by atoms with van der Waals surface area (Å²) in [5.41, 5.74) is 5.35. The number of fused-ring (bicyclic) bond motifs is 3. The van der Waals surface area contributed by atoms with Crippen molar-refractivity contribution in [3.8, 4) is 0 Å².